The van der Waals surface area contributed by atoms with Crippen molar-refractivity contribution in [3.8, 4) is 0 Å². The first-order valence-electron chi connectivity index (χ1n) is 13.3. The number of carboxylic acid groups (broad SMARTS) is 1. The average Bonchev–Trinajstić information content (AvgIpc) is 2.89. The van der Waals surface area contributed by atoms with Crippen molar-refractivity contribution in [1.29, 1.82) is 0 Å². The number of nitrogens with one attached hydrogen (secondary N) is 1. The molecule has 0 aliphatic carbocycles. The van der Waals surface area contributed by atoms with Gasteiger partial charge in [0.2, 0.25) is 5.91 Å². The molecule has 2 aliphatic rings. The van der Waals surface area contributed by atoms with Crippen molar-refractivity contribution in [2.24, 2.45) is 0 Å². The molecule has 1 amide bonds. The van der Waals surface area contributed by atoms with Crippen LogP contribution >= 0.6 is 0 Å². The van der Waals surface area contributed by atoms with Gasteiger partial charge in [-0.3, -0.25) is 9.59 Å². The first kappa shape index (κ1) is 27.3. The Morgan fingerprint density at radius 2 is 1.65 bits per heavy atom. The average molecular weight is 511 g/mol. The first-order valence-corrected chi connectivity index (χ1v) is 13.3. The minimum Gasteiger partial charge on any atom is -0.481 e. The van der Waals surface area contributed by atoms with Crippen LogP contribution in [0.2, 0.25) is 0 Å². The van der Waals surface area contributed by atoms with Gasteiger partial charge in [0, 0.05) is 30.6 Å². The van der Waals surface area contributed by atoms with Crippen molar-refractivity contribution in [2.45, 2.75) is 76.5 Å². The smallest absolute Gasteiger partial charge is 0.303 e. The number of hydrogen-bond donors (Lipinski definition) is 3. The van der Waals surface area contributed by atoms with Crippen molar-refractivity contribution >= 4 is 17.6 Å². The number of benzene rings is 2. The molecule has 37 heavy (non-hydrogen) atoms. The van der Waals surface area contributed by atoms with Crippen LogP contribution in [0.25, 0.3) is 0 Å². The second-order valence-electron chi connectivity index (χ2n) is 9.99. The lowest BCUT2D eigenvalue weighted by molar-refractivity contribution is -0.253. The molecule has 2 fully saturated rings. The predicted molar refractivity (Wildman–Crippen MR) is 140 cm³/mol. The van der Waals surface area contributed by atoms with Crippen LogP contribution < -0.4 is 5.32 Å². The van der Waals surface area contributed by atoms with Crippen LogP contribution in [0.3, 0.4) is 0 Å². The van der Waals surface area contributed by atoms with Crippen molar-refractivity contribution in [2.75, 3.05) is 25.0 Å². The number of hydrogen-bond acceptors (Lipinski definition) is 6. The highest BCUT2D eigenvalue weighted by atomic mass is 16.7. The first-order chi connectivity index (χ1) is 18.0. The molecular formula is C29H38N2O6. The summed E-state index contributed by atoms with van der Waals surface area (Å²) < 4.78 is 12.9. The van der Waals surface area contributed by atoms with Crippen LogP contribution in [-0.4, -0.2) is 52.7 Å². The minimum absolute atomic E-state index is 0.000101. The molecule has 0 unspecified atom stereocenters. The number of anilines is 1. The van der Waals surface area contributed by atoms with Crippen molar-refractivity contribution in [3.05, 3.63) is 65.2 Å². The van der Waals surface area contributed by atoms with Gasteiger partial charge in [0.1, 0.15) is 0 Å². The van der Waals surface area contributed by atoms with Gasteiger partial charge in [-0.1, -0.05) is 55.7 Å². The summed E-state index contributed by atoms with van der Waals surface area (Å²) in [6.07, 6.45) is 5.94. The Morgan fingerprint density at radius 1 is 0.919 bits per heavy atom. The number of likely N-dealkylation sites (tertiary alicyclic amines) is 1. The van der Waals surface area contributed by atoms with Crippen LogP contribution in [-0.2, 0) is 25.7 Å². The number of aliphatic carboxylic acids is 1. The summed E-state index contributed by atoms with van der Waals surface area (Å²) >= 11 is 0. The second-order valence-corrected chi connectivity index (χ2v) is 9.99. The molecule has 3 atom stereocenters. The number of nitrogens with zero attached hydrogens (tertiary/aromatic N) is 1. The van der Waals surface area contributed by atoms with E-state index >= 15 is 0 Å². The van der Waals surface area contributed by atoms with Gasteiger partial charge < -0.3 is 29.9 Å². The monoisotopic (exact) mass is 510 g/mol. The lowest BCUT2D eigenvalue weighted by Crippen LogP contribution is -2.40. The summed E-state index contributed by atoms with van der Waals surface area (Å²) in [6.45, 7) is 3.01. The summed E-state index contributed by atoms with van der Waals surface area (Å²) in [7, 11) is 0. The number of aliphatic hydroxyl groups excluding tert-OH is 1. The topological polar surface area (TPSA) is 108 Å². The van der Waals surface area contributed by atoms with Crippen molar-refractivity contribution < 1.29 is 29.3 Å². The zero-order valence-electron chi connectivity index (χ0n) is 21.3. The van der Waals surface area contributed by atoms with E-state index in [0.717, 1.165) is 42.7 Å². The number of rotatable bonds is 9. The fourth-order valence-corrected chi connectivity index (χ4v) is 5.02. The summed E-state index contributed by atoms with van der Waals surface area (Å²) in [4.78, 5) is 25.5. The van der Waals surface area contributed by atoms with E-state index < -0.39 is 12.3 Å². The third-order valence-electron chi connectivity index (χ3n) is 7.03. The van der Waals surface area contributed by atoms with Crippen LogP contribution in [0, 0.1) is 0 Å². The van der Waals surface area contributed by atoms with E-state index in [1.54, 1.807) is 6.07 Å². The van der Waals surface area contributed by atoms with E-state index in [0.29, 0.717) is 5.69 Å². The standard InChI is InChI=1S/C29H38N2O6/c32-20-21-9-11-22(12-10-21)26-18-25(19-31-15-4-2-1-3-5-16-31)36-29(37-26)23-7-6-8-24(17-23)30-27(33)13-14-28(34)35/h6-12,17,25-26,29,32H,1-5,13-16,18-20H2,(H,30,33)(H,34,35)/t25-,26+,29+/m0/s1. The second kappa shape index (κ2) is 13.7. The Hall–Kier alpha value is -2.78. The molecule has 0 bridgehead atoms. The number of carboxylic acids is 1. The Balaban J connectivity index is 1.50. The number of aliphatic hydroxyl groups is 1. The maximum atomic E-state index is 12.2. The third kappa shape index (κ3) is 8.36. The Kier molecular flexibility index (Phi) is 10.1. The normalized spacial score (nSPS) is 23.1. The Labute approximate surface area is 218 Å². The molecule has 3 N–H and O–H groups in total. The molecule has 2 aliphatic heterocycles. The molecule has 2 aromatic rings. The van der Waals surface area contributed by atoms with Gasteiger partial charge in [-0.25, -0.2) is 0 Å². The lowest BCUT2D eigenvalue weighted by atomic mass is 9.99. The number of ether oxygens (including phenoxy) is 2. The molecule has 0 saturated carbocycles. The third-order valence-corrected chi connectivity index (χ3v) is 7.03. The van der Waals surface area contributed by atoms with Gasteiger partial charge in [0.15, 0.2) is 6.29 Å². The largest absolute Gasteiger partial charge is 0.481 e. The van der Waals surface area contributed by atoms with Crippen molar-refractivity contribution in [1.82, 2.24) is 4.90 Å². The Bertz CT molecular complexity index is 1020. The van der Waals surface area contributed by atoms with Crippen LogP contribution in [0.15, 0.2) is 48.5 Å². The fraction of sp³-hybridized carbons (Fsp3) is 0.517. The van der Waals surface area contributed by atoms with Gasteiger partial charge in [0.05, 0.1) is 25.2 Å². The van der Waals surface area contributed by atoms with Gasteiger partial charge >= 0.3 is 5.97 Å². The zero-order valence-corrected chi connectivity index (χ0v) is 21.3. The highest BCUT2D eigenvalue weighted by molar-refractivity contribution is 5.92. The summed E-state index contributed by atoms with van der Waals surface area (Å²) in [6, 6.07) is 15.2. The SMILES string of the molecule is O=C(O)CCC(=O)Nc1cccc([C@@H]2O[C@H](CN3CCCCCCC3)C[C@H](c3ccc(CO)cc3)O2)c1. The molecule has 2 aromatic carbocycles. The van der Waals surface area contributed by atoms with Gasteiger partial charge in [-0.15, -0.1) is 0 Å². The molecule has 4 rings (SSSR count). The maximum Gasteiger partial charge on any atom is 0.303 e. The van der Waals surface area contributed by atoms with E-state index in [4.69, 9.17) is 14.6 Å². The van der Waals surface area contributed by atoms with Crippen LogP contribution in [0.4, 0.5) is 5.69 Å². The van der Waals surface area contributed by atoms with E-state index in [1.165, 1.54) is 32.1 Å². The molecule has 8 nitrogen and oxygen atoms in total. The van der Waals surface area contributed by atoms with E-state index in [2.05, 4.69) is 10.2 Å². The molecular weight excluding hydrogens is 472 g/mol. The van der Waals surface area contributed by atoms with Crippen LogP contribution in [0.1, 0.15) is 80.5 Å². The summed E-state index contributed by atoms with van der Waals surface area (Å²) in [5.41, 5.74) is 3.28. The van der Waals surface area contributed by atoms with E-state index in [9.17, 15) is 14.7 Å². The fourth-order valence-electron chi connectivity index (χ4n) is 5.02. The van der Waals surface area contributed by atoms with Gasteiger partial charge in [0.25, 0.3) is 0 Å². The predicted octanol–water partition coefficient (Wildman–Crippen LogP) is 4.79. The molecule has 0 aromatic heterocycles. The van der Waals surface area contributed by atoms with Crippen molar-refractivity contribution in [3.63, 3.8) is 0 Å². The highest BCUT2D eigenvalue weighted by Gasteiger charge is 2.33. The lowest BCUT2D eigenvalue weighted by Gasteiger charge is -2.39. The quantitative estimate of drug-likeness (QED) is 0.445. The van der Waals surface area contributed by atoms with Crippen LogP contribution in [0.5, 0.6) is 0 Å². The molecule has 200 valence electrons. The number of carbonyl (C=O) groups is 2. The zero-order chi connectivity index (χ0) is 26.0. The molecule has 8 heteroatoms. The summed E-state index contributed by atoms with van der Waals surface area (Å²) in [5.74, 6) is -1.35. The Morgan fingerprint density at radius 3 is 2.35 bits per heavy atom. The molecule has 0 spiro atoms. The summed E-state index contributed by atoms with van der Waals surface area (Å²) in [5, 5.41) is 21.0. The van der Waals surface area contributed by atoms with E-state index in [-0.39, 0.29) is 37.6 Å². The molecule has 2 saturated heterocycles. The highest BCUT2D eigenvalue weighted by Crippen LogP contribution is 2.38. The van der Waals surface area contributed by atoms with Gasteiger partial charge in [-0.05, 0) is 49.2 Å². The maximum absolute atomic E-state index is 12.2. The molecule has 0 radical (unpaired) electrons. The molecule has 2 heterocycles. The van der Waals surface area contributed by atoms with Gasteiger partial charge in [-0.2, -0.15) is 0 Å². The number of carbonyl (C=O) groups excluding carboxylic acids is 1. The minimum atomic E-state index is -1.00. The number of amides is 1. The van der Waals surface area contributed by atoms with E-state index in [1.807, 2.05) is 42.5 Å².